The topological polar surface area (TPSA) is 176 Å². The van der Waals surface area contributed by atoms with Crippen LogP contribution in [0.3, 0.4) is 0 Å². The lowest BCUT2D eigenvalue weighted by atomic mass is 10.1. The van der Waals surface area contributed by atoms with Crippen molar-refractivity contribution in [2.75, 3.05) is 5.32 Å². The number of fused-ring (bicyclic) bond motifs is 1. The van der Waals surface area contributed by atoms with Crippen molar-refractivity contribution in [3.8, 4) is 17.2 Å². The number of aromatic nitrogens is 1. The number of carboxylic acids is 2. The van der Waals surface area contributed by atoms with Gasteiger partial charge >= 0.3 is 22.3 Å². The van der Waals surface area contributed by atoms with Crippen LogP contribution in [-0.2, 0) is 20.0 Å². The van der Waals surface area contributed by atoms with Gasteiger partial charge in [-0.2, -0.15) is 8.42 Å². The number of rotatable bonds is 10. The molecule has 0 fully saturated rings. The van der Waals surface area contributed by atoms with E-state index in [0.29, 0.717) is 11.3 Å². The number of nitrogens with zero attached hydrogens (tertiary/aromatic N) is 1. The molecule has 11 nitrogen and oxygen atoms in total. The second kappa shape index (κ2) is 9.26. The van der Waals surface area contributed by atoms with Crippen LogP contribution in [-0.4, -0.2) is 46.1 Å². The van der Waals surface area contributed by atoms with E-state index in [1.54, 1.807) is 0 Å². The van der Waals surface area contributed by atoms with Crippen molar-refractivity contribution in [3.63, 3.8) is 0 Å². The van der Waals surface area contributed by atoms with Gasteiger partial charge in [0.2, 0.25) is 5.89 Å². The van der Waals surface area contributed by atoms with Gasteiger partial charge in [0, 0.05) is 23.2 Å². The van der Waals surface area contributed by atoms with Crippen LogP contribution < -0.4 is 9.50 Å². The molecule has 1 heterocycles. The fraction of sp³-hybridized carbons (Fsp3) is 0.150. The van der Waals surface area contributed by atoms with Crippen molar-refractivity contribution in [2.45, 2.75) is 18.9 Å². The first kappa shape index (κ1) is 23.7. The standard InChI is InChI=1S/C20H17FN2O9S/c1-2-10-7-12(22-14(20(26)27)4-6-17(24)25)9-15-18(10)31-19(23-15)11-3-5-16(13(21)8-11)32-33(28,29)30/h2-3,5,7-9,14,22H,1,4,6H2,(H,24,25)(H,26,27)(H,28,29,30)/t14-/m0/s1. The van der Waals surface area contributed by atoms with E-state index in [1.165, 1.54) is 24.3 Å². The predicted octanol–water partition coefficient (Wildman–Crippen LogP) is 3.19. The molecule has 0 unspecified atom stereocenters. The molecule has 0 spiro atoms. The normalized spacial score (nSPS) is 12.3. The van der Waals surface area contributed by atoms with Crippen LogP contribution in [0.25, 0.3) is 28.6 Å². The van der Waals surface area contributed by atoms with Crippen molar-refractivity contribution in [3.05, 3.63) is 48.3 Å². The van der Waals surface area contributed by atoms with Crippen LogP contribution in [0, 0.1) is 5.82 Å². The molecule has 0 bridgehead atoms. The zero-order valence-corrected chi connectivity index (χ0v) is 17.5. The van der Waals surface area contributed by atoms with E-state index in [0.717, 1.165) is 12.1 Å². The summed E-state index contributed by atoms with van der Waals surface area (Å²) in [7, 11) is -4.91. The fourth-order valence-electron chi connectivity index (χ4n) is 2.96. The minimum absolute atomic E-state index is 0.0387. The number of carboxylic acid groups (broad SMARTS) is 2. The van der Waals surface area contributed by atoms with Crippen LogP contribution in [0.2, 0.25) is 0 Å². The third-order valence-corrected chi connectivity index (χ3v) is 4.79. The van der Waals surface area contributed by atoms with Crippen molar-refractivity contribution in [2.24, 2.45) is 0 Å². The second-order valence-corrected chi connectivity index (χ2v) is 7.78. The highest BCUT2D eigenvalue weighted by Crippen LogP contribution is 2.32. The van der Waals surface area contributed by atoms with E-state index < -0.39 is 39.9 Å². The van der Waals surface area contributed by atoms with E-state index in [2.05, 4.69) is 21.1 Å². The lowest BCUT2D eigenvalue weighted by Gasteiger charge is -2.15. The molecule has 3 rings (SSSR count). The summed E-state index contributed by atoms with van der Waals surface area (Å²) in [6, 6.07) is 4.95. The maximum atomic E-state index is 14.2. The summed E-state index contributed by atoms with van der Waals surface area (Å²) < 4.78 is 54.2. The molecular weight excluding hydrogens is 463 g/mol. The van der Waals surface area contributed by atoms with Gasteiger partial charge in [0.25, 0.3) is 0 Å². The predicted molar refractivity (Wildman–Crippen MR) is 114 cm³/mol. The first-order valence-corrected chi connectivity index (χ1v) is 10.6. The smallest absolute Gasteiger partial charge is 0.446 e. The summed E-state index contributed by atoms with van der Waals surface area (Å²) in [5, 5.41) is 20.9. The molecule has 0 saturated heterocycles. The molecule has 0 radical (unpaired) electrons. The van der Waals surface area contributed by atoms with Gasteiger partial charge < -0.3 is 24.1 Å². The molecule has 2 aromatic carbocycles. The van der Waals surface area contributed by atoms with Crippen LogP contribution in [0.15, 0.2) is 41.3 Å². The molecule has 4 N–H and O–H groups in total. The number of aliphatic carboxylic acids is 2. The SMILES string of the molecule is C=Cc1cc(N[C@@H](CCC(=O)O)C(=O)O)cc2nc(-c3ccc(OS(=O)(=O)O)c(F)c3)oc12. The maximum Gasteiger partial charge on any atom is 0.446 e. The Kier molecular flexibility index (Phi) is 6.65. The molecule has 0 amide bonds. The molecule has 174 valence electrons. The molecule has 1 atom stereocenters. The van der Waals surface area contributed by atoms with Crippen LogP contribution in [0.1, 0.15) is 18.4 Å². The second-order valence-electron chi connectivity index (χ2n) is 6.76. The van der Waals surface area contributed by atoms with Gasteiger partial charge in [0.1, 0.15) is 11.6 Å². The van der Waals surface area contributed by atoms with Gasteiger partial charge in [-0.15, -0.1) is 0 Å². The lowest BCUT2D eigenvalue weighted by Crippen LogP contribution is -2.29. The molecule has 0 aliphatic carbocycles. The van der Waals surface area contributed by atoms with Crippen LogP contribution in [0.4, 0.5) is 10.1 Å². The summed E-state index contributed by atoms with van der Waals surface area (Å²) >= 11 is 0. The lowest BCUT2D eigenvalue weighted by molar-refractivity contribution is -0.139. The van der Waals surface area contributed by atoms with Crippen molar-refractivity contribution in [1.82, 2.24) is 4.98 Å². The van der Waals surface area contributed by atoms with Crippen molar-refractivity contribution >= 4 is 45.2 Å². The first-order valence-electron chi connectivity index (χ1n) is 9.22. The Hall–Kier alpha value is -3.97. The van der Waals surface area contributed by atoms with Gasteiger partial charge in [-0.05, 0) is 36.8 Å². The average Bonchev–Trinajstić information content (AvgIpc) is 3.14. The third-order valence-electron chi connectivity index (χ3n) is 4.40. The van der Waals surface area contributed by atoms with Gasteiger partial charge in [-0.25, -0.2) is 14.2 Å². The highest BCUT2D eigenvalue weighted by molar-refractivity contribution is 7.81. The average molecular weight is 480 g/mol. The van der Waals surface area contributed by atoms with E-state index in [-0.39, 0.29) is 35.4 Å². The summed E-state index contributed by atoms with van der Waals surface area (Å²) in [5.74, 6) is -4.23. The highest BCUT2D eigenvalue weighted by atomic mass is 32.3. The molecule has 0 aliphatic rings. The maximum absolute atomic E-state index is 14.2. The molecule has 33 heavy (non-hydrogen) atoms. The van der Waals surface area contributed by atoms with E-state index in [4.69, 9.17) is 14.1 Å². The van der Waals surface area contributed by atoms with Gasteiger partial charge in [0.05, 0.1) is 0 Å². The first-order chi connectivity index (χ1) is 15.5. The highest BCUT2D eigenvalue weighted by Gasteiger charge is 2.21. The molecule has 13 heteroatoms. The van der Waals surface area contributed by atoms with Gasteiger partial charge in [-0.3, -0.25) is 9.35 Å². The fourth-order valence-corrected chi connectivity index (χ4v) is 3.32. The number of halogens is 1. The summed E-state index contributed by atoms with van der Waals surface area (Å²) in [6.45, 7) is 3.67. The van der Waals surface area contributed by atoms with Crippen molar-refractivity contribution < 1.29 is 45.8 Å². The zero-order chi connectivity index (χ0) is 24.3. The van der Waals surface area contributed by atoms with Crippen molar-refractivity contribution in [1.29, 1.82) is 0 Å². The molecule has 3 aromatic rings. The Morgan fingerprint density at radius 1 is 1.27 bits per heavy atom. The minimum atomic E-state index is -4.91. The monoisotopic (exact) mass is 480 g/mol. The number of hydrogen-bond donors (Lipinski definition) is 4. The Bertz CT molecular complexity index is 1350. The Morgan fingerprint density at radius 2 is 2.00 bits per heavy atom. The Labute approximate surface area is 186 Å². The largest absolute Gasteiger partial charge is 0.481 e. The van der Waals surface area contributed by atoms with E-state index >= 15 is 0 Å². The van der Waals surface area contributed by atoms with E-state index in [1.807, 2.05) is 0 Å². The van der Waals surface area contributed by atoms with E-state index in [9.17, 15) is 27.5 Å². The third kappa shape index (κ3) is 5.84. The molecular formula is C20H17FN2O9S. The quantitative estimate of drug-likeness (QED) is 0.313. The van der Waals surface area contributed by atoms with Gasteiger partial charge in [0.15, 0.2) is 17.1 Å². The summed E-state index contributed by atoms with van der Waals surface area (Å²) in [6.07, 6.45) is 0.921. The number of anilines is 1. The summed E-state index contributed by atoms with van der Waals surface area (Å²) in [4.78, 5) is 26.5. The number of oxazole rings is 1. The number of benzene rings is 2. The van der Waals surface area contributed by atoms with Crippen LogP contribution >= 0.6 is 0 Å². The van der Waals surface area contributed by atoms with Gasteiger partial charge in [-0.1, -0.05) is 12.7 Å². The minimum Gasteiger partial charge on any atom is -0.481 e. The molecule has 0 saturated carbocycles. The molecule has 0 aliphatic heterocycles. The Morgan fingerprint density at radius 3 is 2.58 bits per heavy atom. The summed E-state index contributed by atoms with van der Waals surface area (Å²) in [5.41, 5.74) is 1.41. The van der Waals surface area contributed by atoms with Crippen LogP contribution in [0.5, 0.6) is 5.75 Å². The Balaban J connectivity index is 1.96. The zero-order valence-electron chi connectivity index (χ0n) is 16.7. The number of carbonyl (C=O) groups is 2. The number of nitrogens with one attached hydrogen (secondary N) is 1. The number of hydrogen-bond acceptors (Lipinski definition) is 8. The molecule has 1 aromatic heterocycles.